The second-order valence-electron chi connectivity index (χ2n) is 4.71. The molecule has 5 heteroatoms. The smallest absolute Gasteiger partial charge is 0.162 e. The Hall–Kier alpha value is -0.910. The third kappa shape index (κ3) is 3.80. The minimum Gasteiger partial charge on any atom is -0.377 e. The Kier molecular flexibility index (Phi) is 4.53. The summed E-state index contributed by atoms with van der Waals surface area (Å²) >= 11 is 0. The van der Waals surface area contributed by atoms with Crippen LogP contribution < -0.4 is 5.32 Å². The number of aromatic nitrogens is 1. The van der Waals surface area contributed by atoms with Crippen molar-refractivity contribution in [1.29, 1.82) is 0 Å². The van der Waals surface area contributed by atoms with Crippen molar-refractivity contribution in [2.75, 3.05) is 27.2 Å². The molecule has 1 aromatic rings. The summed E-state index contributed by atoms with van der Waals surface area (Å²) in [5.74, 6) is 0.787. The third-order valence-corrected chi connectivity index (χ3v) is 3.02. The van der Waals surface area contributed by atoms with Gasteiger partial charge in [0.15, 0.2) is 5.76 Å². The molecule has 2 rings (SSSR count). The lowest BCUT2D eigenvalue weighted by Gasteiger charge is -2.19. The van der Waals surface area contributed by atoms with E-state index < -0.39 is 0 Å². The topological polar surface area (TPSA) is 50.5 Å². The van der Waals surface area contributed by atoms with E-state index in [1.165, 1.54) is 12.8 Å². The summed E-state index contributed by atoms with van der Waals surface area (Å²) in [6.07, 6.45) is 2.57. The van der Waals surface area contributed by atoms with Gasteiger partial charge in [-0.2, -0.15) is 0 Å². The molecule has 17 heavy (non-hydrogen) atoms. The Balaban J connectivity index is 1.78. The van der Waals surface area contributed by atoms with Crippen LogP contribution in [0.1, 0.15) is 24.3 Å². The van der Waals surface area contributed by atoms with Crippen LogP contribution in [0.3, 0.4) is 0 Å². The van der Waals surface area contributed by atoms with Gasteiger partial charge in [-0.15, -0.1) is 0 Å². The first-order chi connectivity index (χ1) is 8.28. The highest BCUT2D eigenvalue weighted by Crippen LogP contribution is 2.10. The molecular weight excluding hydrogens is 218 g/mol. The first kappa shape index (κ1) is 12.5. The predicted octanol–water partition coefficient (Wildman–Crippen LogP) is 1.00. The van der Waals surface area contributed by atoms with E-state index in [2.05, 4.69) is 22.4 Å². The maximum Gasteiger partial charge on any atom is 0.162 e. The molecule has 1 fully saturated rings. The molecule has 1 aliphatic heterocycles. The molecule has 1 N–H and O–H groups in total. The van der Waals surface area contributed by atoms with E-state index in [0.29, 0.717) is 12.6 Å². The number of hydrogen-bond acceptors (Lipinski definition) is 5. The molecule has 5 nitrogen and oxygen atoms in total. The van der Waals surface area contributed by atoms with Crippen molar-refractivity contribution in [2.45, 2.75) is 32.0 Å². The van der Waals surface area contributed by atoms with Crippen LogP contribution in [0.15, 0.2) is 10.6 Å². The number of hydrogen-bond donors (Lipinski definition) is 1. The summed E-state index contributed by atoms with van der Waals surface area (Å²) in [5, 5.41) is 7.53. The minimum absolute atomic E-state index is 0.487. The molecule has 1 aromatic heterocycles. The monoisotopic (exact) mass is 239 g/mol. The number of methoxy groups -OCH3 is 1. The van der Waals surface area contributed by atoms with Gasteiger partial charge in [0.1, 0.15) is 6.61 Å². The van der Waals surface area contributed by atoms with Crippen LogP contribution in [0, 0.1) is 0 Å². The fraction of sp³-hybridized carbons (Fsp3) is 0.750. The third-order valence-electron chi connectivity index (χ3n) is 3.02. The van der Waals surface area contributed by atoms with Crippen molar-refractivity contribution < 1.29 is 9.26 Å². The highest BCUT2D eigenvalue weighted by molar-refractivity contribution is 5.04. The van der Waals surface area contributed by atoms with Crippen LogP contribution >= 0.6 is 0 Å². The summed E-state index contributed by atoms with van der Waals surface area (Å²) in [5.41, 5.74) is 0.970. The average molecular weight is 239 g/mol. The van der Waals surface area contributed by atoms with Crippen molar-refractivity contribution >= 4 is 0 Å². The average Bonchev–Trinajstić information content (AvgIpc) is 2.91. The lowest BCUT2D eigenvalue weighted by atomic mass is 10.2. The molecule has 1 atom stereocenters. The molecule has 0 amide bonds. The fourth-order valence-electron chi connectivity index (χ4n) is 2.27. The summed E-state index contributed by atoms with van der Waals surface area (Å²) in [6.45, 7) is 3.53. The molecule has 0 spiro atoms. The highest BCUT2D eigenvalue weighted by atomic mass is 16.5. The second kappa shape index (κ2) is 6.14. The van der Waals surface area contributed by atoms with Crippen molar-refractivity contribution in [1.82, 2.24) is 15.4 Å². The van der Waals surface area contributed by atoms with Gasteiger partial charge in [-0.1, -0.05) is 5.16 Å². The summed E-state index contributed by atoms with van der Waals surface area (Å²) in [7, 11) is 3.77. The SMILES string of the molecule is COCc1cc(CN(C)CC2CCCN2)no1. The standard InChI is InChI=1S/C12H21N3O2/c1-15(7-10-4-3-5-13-10)8-11-6-12(9-16-2)17-14-11/h6,10,13H,3-5,7-9H2,1-2H3. The van der Waals surface area contributed by atoms with Gasteiger partial charge in [0.05, 0.1) is 5.69 Å². The zero-order valence-electron chi connectivity index (χ0n) is 10.6. The van der Waals surface area contributed by atoms with Gasteiger partial charge >= 0.3 is 0 Å². The molecule has 1 unspecified atom stereocenters. The van der Waals surface area contributed by atoms with E-state index in [4.69, 9.17) is 9.26 Å². The Bertz CT molecular complexity index is 334. The van der Waals surface area contributed by atoms with Crippen LogP contribution in [0.5, 0.6) is 0 Å². The van der Waals surface area contributed by atoms with E-state index in [9.17, 15) is 0 Å². The van der Waals surface area contributed by atoms with Crippen LogP contribution in [0.25, 0.3) is 0 Å². The predicted molar refractivity (Wildman–Crippen MR) is 64.6 cm³/mol. The molecule has 96 valence electrons. The van der Waals surface area contributed by atoms with Gasteiger partial charge in [0.2, 0.25) is 0 Å². The molecule has 0 radical (unpaired) electrons. The summed E-state index contributed by atoms with van der Waals surface area (Å²) < 4.78 is 10.2. The zero-order valence-corrected chi connectivity index (χ0v) is 10.6. The normalized spacial score (nSPS) is 20.3. The Labute approximate surface area is 102 Å². The van der Waals surface area contributed by atoms with Crippen molar-refractivity contribution in [3.63, 3.8) is 0 Å². The molecule has 2 heterocycles. The van der Waals surface area contributed by atoms with Crippen molar-refractivity contribution in [2.24, 2.45) is 0 Å². The van der Waals surface area contributed by atoms with E-state index in [1.54, 1.807) is 7.11 Å². The van der Waals surface area contributed by atoms with E-state index in [1.807, 2.05) is 6.07 Å². The van der Waals surface area contributed by atoms with Gasteiger partial charge in [-0.05, 0) is 26.4 Å². The van der Waals surface area contributed by atoms with Gasteiger partial charge in [0, 0.05) is 32.3 Å². The number of rotatable bonds is 6. The fourth-order valence-corrected chi connectivity index (χ4v) is 2.27. The second-order valence-corrected chi connectivity index (χ2v) is 4.71. The van der Waals surface area contributed by atoms with Crippen molar-refractivity contribution in [3.8, 4) is 0 Å². The van der Waals surface area contributed by atoms with Crippen LogP contribution in [-0.2, 0) is 17.9 Å². The van der Waals surface area contributed by atoms with Gasteiger partial charge in [0.25, 0.3) is 0 Å². The van der Waals surface area contributed by atoms with Crippen LogP contribution in [-0.4, -0.2) is 43.3 Å². The quantitative estimate of drug-likeness (QED) is 0.802. The Morgan fingerprint density at radius 3 is 3.24 bits per heavy atom. The van der Waals surface area contributed by atoms with Gasteiger partial charge in [-0.3, -0.25) is 4.90 Å². The number of nitrogens with one attached hydrogen (secondary N) is 1. The lowest BCUT2D eigenvalue weighted by molar-refractivity contribution is 0.155. The first-order valence-corrected chi connectivity index (χ1v) is 6.13. The molecule has 1 aliphatic rings. The molecule has 0 bridgehead atoms. The Morgan fingerprint density at radius 2 is 2.53 bits per heavy atom. The minimum atomic E-state index is 0.487. The first-order valence-electron chi connectivity index (χ1n) is 6.13. The molecular formula is C12H21N3O2. The number of likely N-dealkylation sites (N-methyl/N-ethyl adjacent to an activating group) is 1. The molecule has 1 saturated heterocycles. The maximum atomic E-state index is 5.16. The van der Waals surface area contributed by atoms with Gasteiger partial charge in [-0.25, -0.2) is 0 Å². The maximum absolute atomic E-state index is 5.16. The Morgan fingerprint density at radius 1 is 1.65 bits per heavy atom. The number of nitrogens with zero attached hydrogens (tertiary/aromatic N) is 2. The van der Waals surface area contributed by atoms with Crippen molar-refractivity contribution in [3.05, 3.63) is 17.5 Å². The largest absolute Gasteiger partial charge is 0.377 e. The number of ether oxygens (including phenoxy) is 1. The van der Waals surface area contributed by atoms with Gasteiger partial charge < -0.3 is 14.6 Å². The van der Waals surface area contributed by atoms with E-state index in [-0.39, 0.29) is 0 Å². The lowest BCUT2D eigenvalue weighted by Crippen LogP contribution is -2.34. The van der Waals surface area contributed by atoms with Crippen LogP contribution in [0.2, 0.25) is 0 Å². The molecule has 0 aromatic carbocycles. The zero-order chi connectivity index (χ0) is 12.1. The summed E-state index contributed by atoms with van der Waals surface area (Å²) in [6, 6.07) is 2.59. The molecule has 0 aliphatic carbocycles. The summed E-state index contributed by atoms with van der Waals surface area (Å²) in [4.78, 5) is 2.28. The van der Waals surface area contributed by atoms with E-state index >= 15 is 0 Å². The molecule has 0 saturated carbocycles. The van der Waals surface area contributed by atoms with E-state index in [0.717, 1.165) is 31.1 Å². The van der Waals surface area contributed by atoms with Crippen LogP contribution in [0.4, 0.5) is 0 Å². The highest BCUT2D eigenvalue weighted by Gasteiger charge is 2.16.